The number of aliphatic hydroxyl groups excluding tert-OH is 1. The molecular formula is C17H14O4. The van der Waals surface area contributed by atoms with Crippen LogP contribution in [0, 0.1) is 0 Å². The minimum atomic E-state index is -0.133. The maximum Gasteiger partial charge on any atom is 0.171 e. The highest BCUT2D eigenvalue weighted by atomic mass is 16.5. The van der Waals surface area contributed by atoms with E-state index in [1.165, 1.54) is 6.92 Å². The van der Waals surface area contributed by atoms with E-state index >= 15 is 0 Å². The number of hydrogen-bond donors (Lipinski definition) is 1. The number of Topliss-reactive ketones (excluding diaryl/α,β-unsaturated/α-hetero) is 2. The molecular weight excluding hydrogens is 268 g/mol. The zero-order valence-electron chi connectivity index (χ0n) is 11.6. The van der Waals surface area contributed by atoms with E-state index in [0.717, 1.165) is 0 Å². The molecule has 0 aliphatic carbocycles. The monoisotopic (exact) mass is 282 g/mol. The van der Waals surface area contributed by atoms with Gasteiger partial charge in [-0.3, -0.25) is 9.59 Å². The van der Waals surface area contributed by atoms with Gasteiger partial charge in [-0.25, -0.2) is 0 Å². The quantitative estimate of drug-likeness (QED) is 0.860. The van der Waals surface area contributed by atoms with E-state index in [0.29, 0.717) is 33.8 Å². The van der Waals surface area contributed by atoms with Gasteiger partial charge in [0.1, 0.15) is 11.5 Å². The second kappa shape index (κ2) is 5.14. The van der Waals surface area contributed by atoms with Gasteiger partial charge in [0, 0.05) is 17.5 Å². The lowest BCUT2D eigenvalue weighted by atomic mass is 9.96. The van der Waals surface area contributed by atoms with Gasteiger partial charge in [-0.1, -0.05) is 18.2 Å². The molecule has 0 unspecified atom stereocenters. The van der Waals surface area contributed by atoms with Crippen LogP contribution in [0.4, 0.5) is 0 Å². The molecule has 0 amide bonds. The minimum absolute atomic E-state index is 0.0924. The first-order chi connectivity index (χ1) is 10.1. The molecule has 4 heteroatoms. The van der Waals surface area contributed by atoms with Gasteiger partial charge in [-0.15, -0.1) is 0 Å². The predicted molar refractivity (Wildman–Crippen MR) is 76.9 cm³/mol. The largest absolute Gasteiger partial charge is 0.456 e. The SMILES string of the molecule is CC(=O)c1cccc2c1CC(=O)c1cc(CO)ccc1O2. The van der Waals surface area contributed by atoms with Gasteiger partial charge in [0.15, 0.2) is 11.6 Å². The zero-order valence-corrected chi connectivity index (χ0v) is 11.6. The van der Waals surface area contributed by atoms with Gasteiger partial charge < -0.3 is 9.84 Å². The summed E-state index contributed by atoms with van der Waals surface area (Å²) in [5.41, 5.74) is 2.23. The highest BCUT2D eigenvalue weighted by Gasteiger charge is 2.24. The molecule has 4 nitrogen and oxygen atoms in total. The third-order valence-corrected chi connectivity index (χ3v) is 3.60. The van der Waals surface area contributed by atoms with Crippen LogP contribution >= 0.6 is 0 Å². The Morgan fingerprint density at radius 3 is 2.76 bits per heavy atom. The standard InChI is InChI=1S/C17H14O4/c1-10(19)12-3-2-4-16-13(12)8-15(20)14-7-11(9-18)5-6-17(14)21-16/h2-7,18H,8-9H2,1H3. The Balaban J connectivity index is 2.15. The van der Waals surface area contributed by atoms with E-state index in [1.807, 2.05) is 0 Å². The van der Waals surface area contributed by atoms with Crippen molar-refractivity contribution in [2.75, 3.05) is 0 Å². The number of ether oxygens (including phenoxy) is 1. The van der Waals surface area contributed by atoms with E-state index in [1.54, 1.807) is 36.4 Å². The van der Waals surface area contributed by atoms with E-state index < -0.39 is 0 Å². The number of ketones is 2. The van der Waals surface area contributed by atoms with Crippen molar-refractivity contribution >= 4 is 11.6 Å². The van der Waals surface area contributed by atoms with Gasteiger partial charge in [0.25, 0.3) is 0 Å². The van der Waals surface area contributed by atoms with Crippen molar-refractivity contribution in [2.45, 2.75) is 20.0 Å². The lowest BCUT2D eigenvalue weighted by molar-refractivity contribution is 0.0993. The molecule has 0 spiro atoms. The molecule has 21 heavy (non-hydrogen) atoms. The fraction of sp³-hybridized carbons (Fsp3) is 0.176. The number of hydrogen-bond acceptors (Lipinski definition) is 4. The fourth-order valence-electron chi connectivity index (χ4n) is 2.53. The van der Waals surface area contributed by atoms with Crippen LogP contribution in [0.25, 0.3) is 0 Å². The average Bonchev–Trinajstić information content (AvgIpc) is 2.62. The number of carbonyl (C=O) groups is 2. The summed E-state index contributed by atoms with van der Waals surface area (Å²) in [6.45, 7) is 1.34. The molecule has 1 heterocycles. The number of fused-ring (bicyclic) bond motifs is 2. The van der Waals surface area contributed by atoms with E-state index in [4.69, 9.17) is 4.74 Å². The lowest BCUT2D eigenvalue weighted by Crippen LogP contribution is -2.06. The summed E-state index contributed by atoms with van der Waals surface area (Å²) in [7, 11) is 0. The first kappa shape index (κ1) is 13.5. The first-order valence-corrected chi connectivity index (χ1v) is 6.68. The molecule has 1 aliphatic heterocycles. The second-order valence-corrected chi connectivity index (χ2v) is 5.03. The summed E-state index contributed by atoms with van der Waals surface area (Å²) in [4.78, 5) is 24.1. The molecule has 3 rings (SSSR count). The Labute approximate surface area is 122 Å². The first-order valence-electron chi connectivity index (χ1n) is 6.68. The van der Waals surface area contributed by atoms with Crippen molar-refractivity contribution in [2.24, 2.45) is 0 Å². The summed E-state index contributed by atoms with van der Waals surface area (Å²) in [6, 6.07) is 10.2. The van der Waals surface area contributed by atoms with Crippen molar-refractivity contribution in [3.8, 4) is 11.5 Å². The second-order valence-electron chi connectivity index (χ2n) is 5.03. The summed E-state index contributed by atoms with van der Waals surface area (Å²) in [5.74, 6) is 0.779. The van der Waals surface area contributed by atoms with Crippen LogP contribution in [0.3, 0.4) is 0 Å². The van der Waals surface area contributed by atoms with Crippen LogP contribution < -0.4 is 4.74 Å². The normalized spacial score (nSPS) is 13.0. The van der Waals surface area contributed by atoms with Gasteiger partial charge >= 0.3 is 0 Å². The van der Waals surface area contributed by atoms with Crippen LogP contribution in [0.5, 0.6) is 11.5 Å². The minimum Gasteiger partial charge on any atom is -0.456 e. The molecule has 0 saturated carbocycles. The van der Waals surface area contributed by atoms with Crippen molar-refractivity contribution in [1.29, 1.82) is 0 Å². The number of aliphatic hydroxyl groups is 1. The summed E-state index contributed by atoms with van der Waals surface area (Å²) in [6.07, 6.45) is 0.118. The van der Waals surface area contributed by atoms with Gasteiger partial charge in [-0.2, -0.15) is 0 Å². The number of rotatable bonds is 2. The Hall–Kier alpha value is -2.46. The molecule has 1 aliphatic rings. The average molecular weight is 282 g/mol. The van der Waals surface area contributed by atoms with Crippen LogP contribution in [0.15, 0.2) is 36.4 Å². The topological polar surface area (TPSA) is 63.6 Å². The van der Waals surface area contributed by atoms with Gasteiger partial charge in [0.2, 0.25) is 0 Å². The van der Waals surface area contributed by atoms with Gasteiger partial charge in [0.05, 0.1) is 12.2 Å². The molecule has 0 bridgehead atoms. The smallest absolute Gasteiger partial charge is 0.171 e. The van der Waals surface area contributed by atoms with E-state index in [-0.39, 0.29) is 24.6 Å². The van der Waals surface area contributed by atoms with Crippen molar-refractivity contribution in [1.82, 2.24) is 0 Å². The van der Waals surface area contributed by atoms with Crippen LogP contribution in [0.1, 0.15) is 38.8 Å². The highest BCUT2D eigenvalue weighted by molar-refractivity contribution is 6.04. The molecule has 0 fully saturated rings. The maximum atomic E-state index is 12.4. The molecule has 0 aromatic heterocycles. The van der Waals surface area contributed by atoms with Crippen molar-refractivity contribution < 1.29 is 19.4 Å². The van der Waals surface area contributed by atoms with E-state index in [9.17, 15) is 14.7 Å². The third-order valence-electron chi connectivity index (χ3n) is 3.60. The van der Waals surface area contributed by atoms with Crippen LogP contribution in [-0.4, -0.2) is 16.7 Å². The molecule has 0 radical (unpaired) electrons. The molecule has 0 saturated heterocycles. The van der Waals surface area contributed by atoms with E-state index in [2.05, 4.69) is 0 Å². The van der Waals surface area contributed by atoms with Gasteiger partial charge in [-0.05, 0) is 30.7 Å². The molecule has 106 valence electrons. The van der Waals surface area contributed by atoms with Crippen LogP contribution in [0.2, 0.25) is 0 Å². The van der Waals surface area contributed by atoms with Crippen LogP contribution in [-0.2, 0) is 13.0 Å². The lowest BCUT2D eigenvalue weighted by Gasteiger charge is -2.10. The molecule has 0 atom stereocenters. The number of carbonyl (C=O) groups excluding carboxylic acids is 2. The summed E-state index contributed by atoms with van der Waals surface area (Å²) in [5, 5.41) is 9.19. The molecule has 2 aromatic rings. The Bertz CT molecular complexity index is 746. The number of benzene rings is 2. The third kappa shape index (κ3) is 2.34. The van der Waals surface area contributed by atoms with Crippen molar-refractivity contribution in [3.63, 3.8) is 0 Å². The molecule has 1 N–H and O–H groups in total. The highest BCUT2D eigenvalue weighted by Crippen LogP contribution is 2.35. The Morgan fingerprint density at radius 2 is 2.05 bits per heavy atom. The predicted octanol–water partition coefficient (Wildman–Crippen LogP) is 2.91. The zero-order chi connectivity index (χ0) is 15.0. The Morgan fingerprint density at radius 1 is 1.24 bits per heavy atom. The fourth-order valence-corrected chi connectivity index (χ4v) is 2.53. The summed E-state index contributed by atoms with van der Waals surface area (Å²) < 4.78 is 5.81. The summed E-state index contributed by atoms with van der Waals surface area (Å²) >= 11 is 0. The molecule has 2 aromatic carbocycles. The van der Waals surface area contributed by atoms with Crippen molar-refractivity contribution in [3.05, 3.63) is 58.7 Å². The maximum absolute atomic E-state index is 12.4. The Kier molecular flexibility index (Phi) is 3.31.